The maximum Gasteiger partial charge on any atom is 0.305 e. The second kappa shape index (κ2) is 17.5. The maximum atomic E-state index is 11.7. The topological polar surface area (TPSA) is 43.4 Å². The summed E-state index contributed by atoms with van der Waals surface area (Å²) in [5.74, 6) is 0.372. The third-order valence-corrected chi connectivity index (χ3v) is 4.37. The highest BCUT2D eigenvalue weighted by atomic mass is 16.5. The fourth-order valence-electron chi connectivity index (χ4n) is 2.80. The van der Waals surface area contributed by atoms with E-state index in [0.29, 0.717) is 12.2 Å². The molecule has 0 atom stereocenters. The van der Waals surface area contributed by atoms with Crippen LogP contribution in [0.25, 0.3) is 0 Å². The number of esters is 1. The Bertz CT molecular complexity index is 287. The van der Waals surface area contributed by atoms with Gasteiger partial charge in [0, 0.05) is 19.3 Å². The monoisotopic (exact) mass is 326 g/mol. The molecule has 136 valence electrons. The van der Waals surface area contributed by atoms with Gasteiger partial charge in [-0.2, -0.15) is 0 Å². The van der Waals surface area contributed by atoms with Gasteiger partial charge in [0.15, 0.2) is 0 Å². The Morgan fingerprint density at radius 1 is 0.609 bits per heavy atom. The molecule has 0 saturated heterocycles. The SMILES string of the molecule is CCCCCCC(=O)CCCCCCCCCCCC(=O)OC. The Balaban J connectivity index is 3.15. The molecule has 0 rings (SSSR count). The Morgan fingerprint density at radius 2 is 1.00 bits per heavy atom. The van der Waals surface area contributed by atoms with Crippen molar-refractivity contribution in [2.24, 2.45) is 0 Å². The van der Waals surface area contributed by atoms with Gasteiger partial charge >= 0.3 is 5.97 Å². The molecule has 0 aliphatic carbocycles. The largest absolute Gasteiger partial charge is 0.469 e. The van der Waals surface area contributed by atoms with Crippen LogP contribution < -0.4 is 0 Å². The first-order chi connectivity index (χ1) is 11.2. The van der Waals surface area contributed by atoms with E-state index in [4.69, 9.17) is 0 Å². The summed E-state index contributed by atoms with van der Waals surface area (Å²) in [6.45, 7) is 2.20. The highest BCUT2D eigenvalue weighted by Gasteiger charge is 2.02. The summed E-state index contributed by atoms with van der Waals surface area (Å²) in [4.78, 5) is 22.6. The lowest BCUT2D eigenvalue weighted by atomic mass is 10.0. The molecular formula is C20H38O3. The number of rotatable bonds is 17. The van der Waals surface area contributed by atoms with Crippen LogP contribution in [0.3, 0.4) is 0 Å². The van der Waals surface area contributed by atoms with Gasteiger partial charge < -0.3 is 4.74 Å². The molecule has 0 aromatic rings. The van der Waals surface area contributed by atoms with Crippen molar-refractivity contribution < 1.29 is 14.3 Å². The Labute approximate surface area is 143 Å². The van der Waals surface area contributed by atoms with Crippen molar-refractivity contribution in [2.45, 2.75) is 110 Å². The molecule has 3 nitrogen and oxygen atoms in total. The van der Waals surface area contributed by atoms with Gasteiger partial charge in [-0.15, -0.1) is 0 Å². The van der Waals surface area contributed by atoms with Crippen LogP contribution >= 0.6 is 0 Å². The summed E-state index contributed by atoms with van der Waals surface area (Å²) >= 11 is 0. The molecule has 0 fully saturated rings. The molecule has 0 spiro atoms. The van der Waals surface area contributed by atoms with Gasteiger partial charge in [0.1, 0.15) is 5.78 Å². The summed E-state index contributed by atoms with van der Waals surface area (Å²) < 4.78 is 4.62. The molecule has 0 amide bonds. The Kier molecular flexibility index (Phi) is 16.8. The van der Waals surface area contributed by atoms with Gasteiger partial charge in [-0.3, -0.25) is 9.59 Å². The van der Waals surface area contributed by atoms with E-state index >= 15 is 0 Å². The molecule has 3 heteroatoms. The number of unbranched alkanes of at least 4 members (excludes halogenated alkanes) is 11. The first-order valence-electron chi connectivity index (χ1n) is 9.79. The summed E-state index contributed by atoms with van der Waals surface area (Å²) in [7, 11) is 1.45. The van der Waals surface area contributed by atoms with Crippen molar-refractivity contribution >= 4 is 11.8 Å². The highest BCUT2D eigenvalue weighted by molar-refractivity contribution is 5.78. The first-order valence-corrected chi connectivity index (χ1v) is 9.79. The van der Waals surface area contributed by atoms with Gasteiger partial charge in [0.05, 0.1) is 7.11 Å². The van der Waals surface area contributed by atoms with Crippen LogP contribution in [-0.4, -0.2) is 18.9 Å². The molecule has 0 aliphatic rings. The van der Waals surface area contributed by atoms with E-state index in [-0.39, 0.29) is 5.97 Å². The number of ketones is 1. The van der Waals surface area contributed by atoms with E-state index in [0.717, 1.165) is 38.5 Å². The molecule has 0 aromatic carbocycles. The lowest BCUT2D eigenvalue weighted by Gasteiger charge is -2.03. The van der Waals surface area contributed by atoms with E-state index in [1.165, 1.54) is 64.9 Å². The van der Waals surface area contributed by atoms with Crippen molar-refractivity contribution in [2.75, 3.05) is 7.11 Å². The van der Waals surface area contributed by atoms with E-state index in [1.54, 1.807) is 0 Å². The molecule has 0 aromatic heterocycles. The number of Topliss-reactive ketones (excluding diaryl/α,β-unsaturated/α-hetero) is 1. The molecule has 0 saturated carbocycles. The van der Waals surface area contributed by atoms with E-state index in [2.05, 4.69) is 11.7 Å². The molecule has 0 N–H and O–H groups in total. The zero-order valence-corrected chi connectivity index (χ0v) is 15.5. The average molecular weight is 327 g/mol. The number of methoxy groups -OCH3 is 1. The van der Waals surface area contributed by atoms with Crippen LogP contribution in [0.4, 0.5) is 0 Å². The third-order valence-electron chi connectivity index (χ3n) is 4.37. The molecule has 0 unspecified atom stereocenters. The van der Waals surface area contributed by atoms with Gasteiger partial charge in [-0.1, -0.05) is 71.1 Å². The lowest BCUT2D eigenvalue weighted by molar-refractivity contribution is -0.140. The zero-order chi connectivity index (χ0) is 17.2. The van der Waals surface area contributed by atoms with Gasteiger partial charge in [0.2, 0.25) is 0 Å². The van der Waals surface area contributed by atoms with Crippen LogP contribution in [0.1, 0.15) is 110 Å². The van der Waals surface area contributed by atoms with Crippen molar-refractivity contribution in [1.82, 2.24) is 0 Å². The smallest absolute Gasteiger partial charge is 0.305 e. The van der Waals surface area contributed by atoms with Crippen LogP contribution in [0.15, 0.2) is 0 Å². The lowest BCUT2D eigenvalue weighted by Crippen LogP contribution is -1.99. The molecule has 0 bridgehead atoms. The van der Waals surface area contributed by atoms with Crippen molar-refractivity contribution in [3.8, 4) is 0 Å². The van der Waals surface area contributed by atoms with E-state index in [1.807, 2.05) is 0 Å². The minimum atomic E-state index is -0.0927. The average Bonchev–Trinajstić information content (AvgIpc) is 2.56. The number of hydrogen-bond donors (Lipinski definition) is 0. The van der Waals surface area contributed by atoms with Gasteiger partial charge in [-0.05, 0) is 19.3 Å². The van der Waals surface area contributed by atoms with E-state index in [9.17, 15) is 9.59 Å². The Hall–Kier alpha value is -0.860. The summed E-state index contributed by atoms with van der Waals surface area (Å²) in [5.41, 5.74) is 0. The number of ether oxygens (including phenoxy) is 1. The summed E-state index contributed by atoms with van der Waals surface area (Å²) in [5, 5.41) is 0. The van der Waals surface area contributed by atoms with Gasteiger partial charge in [-0.25, -0.2) is 0 Å². The fraction of sp³-hybridized carbons (Fsp3) is 0.900. The number of hydrogen-bond acceptors (Lipinski definition) is 3. The molecule has 0 aliphatic heterocycles. The second-order valence-electron chi connectivity index (χ2n) is 6.61. The Morgan fingerprint density at radius 3 is 1.43 bits per heavy atom. The number of carbonyl (C=O) groups is 2. The van der Waals surface area contributed by atoms with Crippen molar-refractivity contribution in [1.29, 1.82) is 0 Å². The van der Waals surface area contributed by atoms with Gasteiger partial charge in [0.25, 0.3) is 0 Å². The van der Waals surface area contributed by atoms with Crippen LogP contribution in [0.2, 0.25) is 0 Å². The highest BCUT2D eigenvalue weighted by Crippen LogP contribution is 2.12. The quantitative estimate of drug-likeness (QED) is 0.243. The predicted octanol–water partition coefficient (Wildman–Crippen LogP) is 5.99. The third kappa shape index (κ3) is 17.3. The van der Waals surface area contributed by atoms with E-state index < -0.39 is 0 Å². The zero-order valence-electron chi connectivity index (χ0n) is 15.5. The fourth-order valence-corrected chi connectivity index (χ4v) is 2.80. The minimum Gasteiger partial charge on any atom is -0.469 e. The standard InChI is InChI=1S/C20H38O3/c1-3-4-5-13-16-19(21)17-14-11-9-7-6-8-10-12-15-18-20(22)23-2/h3-18H2,1-2H3. The summed E-state index contributed by atoms with van der Waals surface area (Å²) in [6.07, 6.45) is 17.6. The normalized spacial score (nSPS) is 10.7. The van der Waals surface area contributed by atoms with Crippen molar-refractivity contribution in [3.05, 3.63) is 0 Å². The van der Waals surface area contributed by atoms with Crippen LogP contribution in [0, 0.1) is 0 Å². The molecule has 0 radical (unpaired) electrons. The maximum absolute atomic E-state index is 11.7. The molecule has 23 heavy (non-hydrogen) atoms. The second-order valence-corrected chi connectivity index (χ2v) is 6.61. The molecule has 0 heterocycles. The predicted molar refractivity (Wildman–Crippen MR) is 96.6 cm³/mol. The van der Waals surface area contributed by atoms with Crippen LogP contribution in [0.5, 0.6) is 0 Å². The van der Waals surface area contributed by atoms with Crippen LogP contribution in [-0.2, 0) is 14.3 Å². The molecular weight excluding hydrogens is 288 g/mol. The first kappa shape index (κ1) is 22.1. The summed E-state index contributed by atoms with van der Waals surface area (Å²) in [6, 6.07) is 0. The number of carbonyl (C=O) groups excluding carboxylic acids is 2. The van der Waals surface area contributed by atoms with Crippen molar-refractivity contribution in [3.63, 3.8) is 0 Å². The minimum absolute atomic E-state index is 0.0927.